The lowest BCUT2D eigenvalue weighted by Gasteiger charge is -2.44. The normalized spacial score (nSPS) is 36.3. The highest BCUT2D eigenvalue weighted by molar-refractivity contribution is 5.90. The third kappa shape index (κ3) is 1.90. The van der Waals surface area contributed by atoms with Gasteiger partial charge >= 0.3 is 0 Å². The van der Waals surface area contributed by atoms with Gasteiger partial charge in [-0.25, -0.2) is 0 Å². The molecule has 1 saturated heterocycles. The fourth-order valence-electron chi connectivity index (χ4n) is 2.68. The Kier molecular flexibility index (Phi) is 2.26. The van der Waals surface area contributed by atoms with Crippen molar-refractivity contribution in [1.82, 2.24) is 0 Å². The molecule has 1 aliphatic carbocycles. The van der Waals surface area contributed by atoms with Gasteiger partial charge in [-0.15, -0.1) is 0 Å². The maximum Gasteiger partial charge on any atom is 0.155 e. The van der Waals surface area contributed by atoms with Gasteiger partial charge < -0.3 is 4.74 Å². The molecule has 0 saturated carbocycles. The molecule has 1 spiro atoms. The van der Waals surface area contributed by atoms with Crippen molar-refractivity contribution in [3.63, 3.8) is 0 Å². The number of hydrogen-bond acceptors (Lipinski definition) is 2. The number of rotatable bonds is 0. The van der Waals surface area contributed by atoms with Crippen LogP contribution in [0.4, 0.5) is 0 Å². The molecule has 1 unspecified atom stereocenters. The number of ether oxygens (including phenoxy) is 1. The molecular formula is C12H18O2. The minimum atomic E-state index is -0.0248. The molecule has 0 bridgehead atoms. The van der Waals surface area contributed by atoms with Crippen LogP contribution in [-0.4, -0.2) is 18.0 Å². The van der Waals surface area contributed by atoms with Crippen molar-refractivity contribution < 1.29 is 9.53 Å². The molecule has 0 amide bonds. The van der Waals surface area contributed by atoms with E-state index in [1.807, 2.05) is 0 Å². The van der Waals surface area contributed by atoms with Gasteiger partial charge in [0.05, 0.1) is 5.60 Å². The van der Waals surface area contributed by atoms with E-state index in [4.69, 9.17) is 4.74 Å². The molecule has 0 aromatic carbocycles. The molecule has 1 fully saturated rings. The fraction of sp³-hybridized carbons (Fsp3) is 0.750. The molecule has 1 atom stereocenters. The van der Waals surface area contributed by atoms with E-state index in [1.54, 1.807) is 6.08 Å². The highest BCUT2D eigenvalue weighted by Gasteiger charge is 2.40. The van der Waals surface area contributed by atoms with Crippen molar-refractivity contribution in [2.75, 3.05) is 6.61 Å². The molecule has 1 aliphatic heterocycles. The topological polar surface area (TPSA) is 26.3 Å². The van der Waals surface area contributed by atoms with Gasteiger partial charge in [-0.2, -0.15) is 0 Å². The fourth-order valence-corrected chi connectivity index (χ4v) is 2.68. The molecular weight excluding hydrogens is 176 g/mol. The zero-order valence-electron chi connectivity index (χ0n) is 9.01. The largest absolute Gasteiger partial charge is 0.376 e. The first-order valence-corrected chi connectivity index (χ1v) is 5.38. The Morgan fingerprint density at radius 3 is 2.71 bits per heavy atom. The molecule has 0 aromatic heterocycles. The van der Waals surface area contributed by atoms with Crippen LogP contribution in [0.5, 0.6) is 0 Å². The van der Waals surface area contributed by atoms with Crippen LogP contribution in [0.1, 0.15) is 39.5 Å². The summed E-state index contributed by atoms with van der Waals surface area (Å²) in [7, 11) is 0. The number of carbonyl (C=O) groups excluding carboxylic acids is 1. The number of carbonyl (C=O) groups is 1. The van der Waals surface area contributed by atoms with E-state index in [0.717, 1.165) is 25.9 Å². The standard InChI is InChI=1S/C12H18O2/c1-11(2)9-12(7-8-14-11)5-3-10(13)4-6-12/h3,5H,4,6-9H2,1-2H3. The highest BCUT2D eigenvalue weighted by atomic mass is 16.5. The minimum absolute atomic E-state index is 0.0248. The second kappa shape index (κ2) is 3.20. The summed E-state index contributed by atoms with van der Waals surface area (Å²) < 4.78 is 5.70. The molecule has 0 radical (unpaired) electrons. The van der Waals surface area contributed by atoms with E-state index in [0.29, 0.717) is 6.42 Å². The van der Waals surface area contributed by atoms with Crippen LogP contribution >= 0.6 is 0 Å². The monoisotopic (exact) mass is 194 g/mol. The Morgan fingerprint density at radius 2 is 2.14 bits per heavy atom. The van der Waals surface area contributed by atoms with Crippen molar-refractivity contribution in [2.45, 2.75) is 45.1 Å². The van der Waals surface area contributed by atoms with Crippen molar-refractivity contribution in [3.8, 4) is 0 Å². The van der Waals surface area contributed by atoms with Crippen molar-refractivity contribution in [2.24, 2.45) is 5.41 Å². The number of allylic oxidation sites excluding steroid dienone is 2. The van der Waals surface area contributed by atoms with Crippen molar-refractivity contribution in [3.05, 3.63) is 12.2 Å². The zero-order valence-corrected chi connectivity index (χ0v) is 9.01. The van der Waals surface area contributed by atoms with E-state index < -0.39 is 0 Å². The van der Waals surface area contributed by atoms with E-state index in [9.17, 15) is 4.79 Å². The predicted molar refractivity (Wildman–Crippen MR) is 55.1 cm³/mol. The van der Waals surface area contributed by atoms with Crippen LogP contribution in [-0.2, 0) is 9.53 Å². The molecule has 14 heavy (non-hydrogen) atoms. The quantitative estimate of drug-likeness (QED) is 0.592. The van der Waals surface area contributed by atoms with Gasteiger partial charge in [-0.3, -0.25) is 4.79 Å². The van der Waals surface area contributed by atoms with Crippen LogP contribution in [0.3, 0.4) is 0 Å². The summed E-state index contributed by atoms with van der Waals surface area (Å²) >= 11 is 0. The van der Waals surface area contributed by atoms with Gasteiger partial charge in [0, 0.05) is 13.0 Å². The summed E-state index contributed by atoms with van der Waals surface area (Å²) in [6.07, 6.45) is 7.74. The summed E-state index contributed by atoms with van der Waals surface area (Å²) in [5, 5.41) is 0. The third-order valence-corrected chi connectivity index (χ3v) is 3.36. The third-order valence-electron chi connectivity index (χ3n) is 3.36. The van der Waals surface area contributed by atoms with Crippen molar-refractivity contribution >= 4 is 5.78 Å². The molecule has 0 aromatic rings. The summed E-state index contributed by atoms with van der Waals surface area (Å²) in [4.78, 5) is 11.1. The average molecular weight is 194 g/mol. The van der Waals surface area contributed by atoms with E-state index in [2.05, 4.69) is 19.9 Å². The second-order valence-corrected chi connectivity index (χ2v) is 5.20. The van der Waals surface area contributed by atoms with E-state index in [-0.39, 0.29) is 16.8 Å². The molecule has 1 heterocycles. The van der Waals surface area contributed by atoms with Crippen LogP contribution in [0.2, 0.25) is 0 Å². The lowest BCUT2D eigenvalue weighted by atomic mass is 9.68. The first kappa shape index (κ1) is 9.91. The molecule has 2 nitrogen and oxygen atoms in total. The smallest absolute Gasteiger partial charge is 0.155 e. The SMILES string of the molecule is CC1(C)CC2(C=CC(=O)CC2)CCO1. The molecule has 2 rings (SSSR count). The van der Waals surface area contributed by atoms with Gasteiger partial charge in [0.25, 0.3) is 0 Å². The summed E-state index contributed by atoms with van der Waals surface area (Å²) in [5.74, 6) is 0.278. The summed E-state index contributed by atoms with van der Waals surface area (Å²) in [6.45, 7) is 5.10. The van der Waals surface area contributed by atoms with Crippen LogP contribution in [0.25, 0.3) is 0 Å². The van der Waals surface area contributed by atoms with Gasteiger partial charge in [0.2, 0.25) is 0 Å². The summed E-state index contributed by atoms with van der Waals surface area (Å²) in [5.41, 5.74) is 0.221. The second-order valence-electron chi connectivity index (χ2n) is 5.20. The van der Waals surface area contributed by atoms with Crippen LogP contribution in [0, 0.1) is 5.41 Å². The van der Waals surface area contributed by atoms with Gasteiger partial charge in [0.1, 0.15) is 0 Å². The number of ketones is 1. The lowest BCUT2D eigenvalue weighted by Crippen LogP contribution is -2.41. The minimum Gasteiger partial charge on any atom is -0.376 e. The average Bonchev–Trinajstić information content (AvgIpc) is 2.09. The Balaban J connectivity index is 2.16. The Hall–Kier alpha value is -0.630. The van der Waals surface area contributed by atoms with Crippen LogP contribution in [0.15, 0.2) is 12.2 Å². The van der Waals surface area contributed by atoms with Crippen molar-refractivity contribution in [1.29, 1.82) is 0 Å². The maximum absolute atomic E-state index is 11.1. The predicted octanol–water partition coefficient (Wildman–Crippen LogP) is 2.48. The number of hydrogen-bond donors (Lipinski definition) is 0. The van der Waals surface area contributed by atoms with Gasteiger partial charge in [-0.1, -0.05) is 6.08 Å². The van der Waals surface area contributed by atoms with E-state index >= 15 is 0 Å². The van der Waals surface area contributed by atoms with E-state index in [1.165, 1.54) is 0 Å². The van der Waals surface area contributed by atoms with Crippen LogP contribution < -0.4 is 0 Å². The van der Waals surface area contributed by atoms with Gasteiger partial charge in [-0.05, 0) is 44.6 Å². The Labute approximate surface area is 85.3 Å². The zero-order chi connectivity index (χ0) is 10.2. The first-order valence-electron chi connectivity index (χ1n) is 5.38. The Morgan fingerprint density at radius 1 is 1.36 bits per heavy atom. The Bertz CT molecular complexity index is 278. The maximum atomic E-state index is 11.1. The summed E-state index contributed by atoms with van der Waals surface area (Å²) in [6, 6.07) is 0. The first-order chi connectivity index (χ1) is 6.52. The molecule has 2 aliphatic rings. The van der Waals surface area contributed by atoms with Gasteiger partial charge in [0.15, 0.2) is 5.78 Å². The molecule has 0 N–H and O–H groups in total. The highest BCUT2D eigenvalue weighted by Crippen LogP contribution is 2.44. The molecule has 78 valence electrons. The molecule has 2 heteroatoms. The lowest BCUT2D eigenvalue weighted by molar-refractivity contribution is -0.119.